The number of hydrogen-bond donors (Lipinski definition) is 1. The van der Waals surface area contributed by atoms with Crippen LogP contribution in [0.4, 0.5) is 17.1 Å². The summed E-state index contributed by atoms with van der Waals surface area (Å²) < 4.78 is 0. The molecule has 0 aliphatic carbocycles. The SMILES string of the molecule is CCc1ccc(NC(=O)CN2C(=O)C3(SCC(=O)N3c3cccc(Cl)c3)c3ccccc32)cc1. The van der Waals surface area contributed by atoms with Gasteiger partial charge in [0.15, 0.2) is 0 Å². The van der Waals surface area contributed by atoms with E-state index in [-0.39, 0.29) is 30.0 Å². The molecular formula is C26H22ClN3O3S. The molecule has 1 saturated heterocycles. The van der Waals surface area contributed by atoms with Crippen LogP contribution in [0.3, 0.4) is 0 Å². The first kappa shape index (κ1) is 22.5. The first-order chi connectivity index (χ1) is 16.4. The van der Waals surface area contributed by atoms with Crippen LogP contribution in [0.25, 0.3) is 0 Å². The summed E-state index contributed by atoms with van der Waals surface area (Å²) in [6, 6.07) is 21.9. The molecule has 34 heavy (non-hydrogen) atoms. The third-order valence-corrected chi connectivity index (χ3v) is 7.70. The number of hydrogen-bond acceptors (Lipinski definition) is 4. The highest BCUT2D eigenvalue weighted by Crippen LogP contribution is 2.55. The average Bonchev–Trinajstić information content (AvgIpc) is 3.30. The maximum atomic E-state index is 14.0. The van der Waals surface area contributed by atoms with Crippen LogP contribution in [0.2, 0.25) is 5.02 Å². The molecule has 3 aromatic carbocycles. The molecule has 0 radical (unpaired) electrons. The zero-order chi connectivity index (χ0) is 23.9. The summed E-state index contributed by atoms with van der Waals surface area (Å²) in [5.41, 5.74) is 3.71. The molecule has 6 nitrogen and oxygen atoms in total. The second-order valence-corrected chi connectivity index (χ2v) is 9.75. The Morgan fingerprint density at radius 1 is 1.06 bits per heavy atom. The molecule has 1 spiro atoms. The Balaban J connectivity index is 1.48. The molecule has 8 heteroatoms. The summed E-state index contributed by atoms with van der Waals surface area (Å²) in [7, 11) is 0. The molecule has 1 atom stereocenters. The van der Waals surface area contributed by atoms with Crippen LogP contribution >= 0.6 is 23.4 Å². The van der Waals surface area contributed by atoms with Crippen molar-refractivity contribution in [2.75, 3.05) is 27.4 Å². The topological polar surface area (TPSA) is 69.7 Å². The number of aryl methyl sites for hydroxylation is 1. The van der Waals surface area contributed by atoms with Crippen molar-refractivity contribution in [1.82, 2.24) is 0 Å². The van der Waals surface area contributed by atoms with E-state index in [4.69, 9.17) is 11.6 Å². The van der Waals surface area contributed by atoms with Crippen LogP contribution in [0.15, 0.2) is 72.8 Å². The Morgan fingerprint density at radius 3 is 2.56 bits per heavy atom. The quantitative estimate of drug-likeness (QED) is 0.555. The van der Waals surface area contributed by atoms with Gasteiger partial charge in [0.25, 0.3) is 5.91 Å². The number of carbonyl (C=O) groups is 3. The van der Waals surface area contributed by atoms with Gasteiger partial charge in [-0.25, -0.2) is 0 Å². The fraction of sp³-hybridized carbons (Fsp3) is 0.192. The van der Waals surface area contributed by atoms with Crippen LogP contribution in [0.1, 0.15) is 18.1 Å². The van der Waals surface area contributed by atoms with Gasteiger partial charge in [0, 0.05) is 22.0 Å². The highest BCUT2D eigenvalue weighted by atomic mass is 35.5. The first-order valence-corrected chi connectivity index (χ1v) is 12.3. The molecule has 1 fully saturated rings. The van der Waals surface area contributed by atoms with Crippen molar-refractivity contribution in [3.8, 4) is 0 Å². The van der Waals surface area contributed by atoms with Gasteiger partial charge >= 0.3 is 0 Å². The van der Waals surface area contributed by atoms with Crippen molar-refractivity contribution in [1.29, 1.82) is 0 Å². The largest absolute Gasteiger partial charge is 0.325 e. The Hall–Kier alpha value is -3.29. The standard InChI is InChI=1S/C26H22ClN3O3S/c1-2-17-10-12-19(13-11-17)28-23(31)15-29-22-9-4-3-8-21(22)26(25(29)33)30(24(32)16-34-26)20-7-5-6-18(27)14-20/h3-14H,2,15-16H2,1H3,(H,28,31). The molecule has 2 aliphatic heterocycles. The Morgan fingerprint density at radius 2 is 1.82 bits per heavy atom. The Kier molecular flexibility index (Phi) is 5.83. The van der Waals surface area contributed by atoms with E-state index in [2.05, 4.69) is 12.2 Å². The van der Waals surface area contributed by atoms with E-state index in [0.29, 0.717) is 27.6 Å². The predicted molar refractivity (Wildman–Crippen MR) is 136 cm³/mol. The molecule has 3 amide bonds. The van der Waals surface area contributed by atoms with Crippen molar-refractivity contribution in [3.63, 3.8) is 0 Å². The first-order valence-electron chi connectivity index (χ1n) is 11.0. The number of halogens is 1. The number of rotatable bonds is 5. The van der Waals surface area contributed by atoms with Gasteiger partial charge in [-0.2, -0.15) is 0 Å². The number of para-hydroxylation sites is 1. The second kappa shape index (κ2) is 8.81. The minimum Gasteiger partial charge on any atom is -0.325 e. The van der Waals surface area contributed by atoms with Crippen LogP contribution < -0.4 is 15.1 Å². The van der Waals surface area contributed by atoms with E-state index in [1.54, 1.807) is 24.3 Å². The lowest BCUT2D eigenvalue weighted by Gasteiger charge is -2.33. The minimum atomic E-state index is -1.28. The molecule has 0 bridgehead atoms. The third kappa shape index (κ3) is 3.65. The number of carbonyl (C=O) groups excluding carboxylic acids is 3. The van der Waals surface area contributed by atoms with E-state index in [0.717, 1.165) is 6.42 Å². The molecule has 2 heterocycles. The predicted octanol–water partition coefficient (Wildman–Crippen LogP) is 4.82. The van der Waals surface area contributed by atoms with Crippen LogP contribution in [0, 0.1) is 0 Å². The summed E-state index contributed by atoms with van der Waals surface area (Å²) in [6.07, 6.45) is 0.912. The fourth-order valence-corrected chi connectivity index (χ4v) is 6.04. The number of amides is 3. The highest BCUT2D eigenvalue weighted by molar-refractivity contribution is 8.02. The monoisotopic (exact) mass is 491 g/mol. The van der Waals surface area contributed by atoms with E-state index in [1.807, 2.05) is 48.5 Å². The van der Waals surface area contributed by atoms with Gasteiger partial charge in [0.1, 0.15) is 6.54 Å². The minimum absolute atomic E-state index is 0.149. The summed E-state index contributed by atoms with van der Waals surface area (Å²) in [6.45, 7) is 1.91. The van der Waals surface area contributed by atoms with Gasteiger partial charge in [-0.05, 0) is 48.4 Å². The van der Waals surface area contributed by atoms with Crippen molar-refractivity contribution in [3.05, 3.63) is 88.9 Å². The number of nitrogens with one attached hydrogen (secondary N) is 1. The number of anilines is 3. The lowest BCUT2D eigenvalue weighted by atomic mass is 10.0. The summed E-state index contributed by atoms with van der Waals surface area (Å²) in [5, 5.41) is 3.35. The van der Waals surface area contributed by atoms with Crippen molar-refractivity contribution in [2.45, 2.75) is 18.2 Å². The third-order valence-electron chi connectivity index (χ3n) is 6.08. The number of thioether (sulfide) groups is 1. The van der Waals surface area contributed by atoms with Crippen molar-refractivity contribution >= 4 is 58.1 Å². The average molecular weight is 492 g/mol. The van der Waals surface area contributed by atoms with E-state index in [9.17, 15) is 14.4 Å². The number of fused-ring (bicyclic) bond motifs is 2. The molecule has 0 aromatic heterocycles. The summed E-state index contributed by atoms with van der Waals surface area (Å²) >= 11 is 7.47. The Bertz CT molecular complexity index is 1300. The fourth-order valence-electron chi connectivity index (χ4n) is 4.50. The van der Waals surface area contributed by atoms with Crippen molar-refractivity contribution in [2.24, 2.45) is 0 Å². The van der Waals surface area contributed by atoms with Crippen LogP contribution in [-0.4, -0.2) is 30.0 Å². The zero-order valence-electron chi connectivity index (χ0n) is 18.5. The number of benzene rings is 3. The zero-order valence-corrected chi connectivity index (χ0v) is 20.0. The highest BCUT2D eigenvalue weighted by Gasteiger charge is 2.61. The van der Waals surface area contributed by atoms with E-state index >= 15 is 0 Å². The molecule has 1 N–H and O–H groups in total. The van der Waals surface area contributed by atoms with E-state index < -0.39 is 4.87 Å². The van der Waals surface area contributed by atoms with Crippen LogP contribution in [-0.2, 0) is 25.7 Å². The van der Waals surface area contributed by atoms with Gasteiger partial charge in [0.05, 0.1) is 11.4 Å². The van der Waals surface area contributed by atoms with Gasteiger partial charge < -0.3 is 5.32 Å². The van der Waals surface area contributed by atoms with E-state index in [1.165, 1.54) is 27.1 Å². The lowest BCUT2D eigenvalue weighted by molar-refractivity contribution is -0.124. The smallest absolute Gasteiger partial charge is 0.269 e. The molecule has 0 saturated carbocycles. The second-order valence-electron chi connectivity index (χ2n) is 8.15. The molecule has 5 rings (SSSR count). The molecule has 2 aliphatic rings. The van der Waals surface area contributed by atoms with Gasteiger partial charge in [-0.3, -0.25) is 24.2 Å². The summed E-state index contributed by atoms with van der Waals surface area (Å²) in [4.78, 5) is 41.6. The molecule has 3 aromatic rings. The van der Waals surface area contributed by atoms with Crippen LogP contribution in [0.5, 0.6) is 0 Å². The van der Waals surface area contributed by atoms with Gasteiger partial charge in [-0.1, -0.05) is 54.9 Å². The van der Waals surface area contributed by atoms with Gasteiger partial charge in [-0.15, -0.1) is 11.8 Å². The number of nitrogens with zero attached hydrogens (tertiary/aromatic N) is 2. The lowest BCUT2D eigenvalue weighted by Crippen LogP contribution is -2.50. The molecule has 172 valence electrons. The molecule has 1 unspecified atom stereocenters. The Labute approximate surface area is 206 Å². The molecular weight excluding hydrogens is 470 g/mol. The maximum absolute atomic E-state index is 14.0. The maximum Gasteiger partial charge on any atom is 0.269 e. The summed E-state index contributed by atoms with van der Waals surface area (Å²) in [5.74, 6) is -0.664. The normalized spacial score (nSPS) is 19.1. The van der Waals surface area contributed by atoms with Gasteiger partial charge in [0.2, 0.25) is 16.7 Å². The van der Waals surface area contributed by atoms with Crippen molar-refractivity contribution < 1.29 is 14.4 Å².